The summed E-state index contributed by atoms with van der Waals surface area (Å²) < 4.78 is 11.0. The molecule has 162 valence electrons. The molecular weight excluding hydrogens is 434 g/mol. The number of hydrogen-bond donors (Lipinski definition) is 0. The number of methoxy groups -OCH3 is 1. The summed E-state index contributed by atoms with van der Waals surface area (Å²) in [6.45, 7) is 1.96. The molecule has 0 saturated carbocycles. The zero-order chi connectivity index (χ0) is 22.4. The molecule has 0 unspecified atom stereocenters. The molecule has 1 saturated heterocycles. The van der Waals surface area contributed by atoms with E-state index in [1.807, 2.05) is 12.1 Å². The molecule has 5 rings (SSSR count). The first kappa shape index (κ1) is 20.2. The third kappa shape index (κ3) is 3.31. The number of carbonyl (C=O) groups excluding carboxylic acids is 2. The normalized spacial score (nSPS) is 19.7. The van der Waals surface area contributed by atoms with Crippen LogP contribution in [0.3, 0.4) is 0 Å². The van der Waals surface area contributed by atoms with Gasteiger partial charge in [0.2, 0.25) is 5.89 Å². The molecule has 2 atom stereocenters. The zero-order valence-corrected chi connectivity index (χ0v) is 18.0. The maximum atomic E-state index is 13.2. The number of nitrogens with zero attached hydrogens (tertiary/aromatic N) is 5. The van der Waals surface area contributed by atoms with Gasteiger partial charge in [-0.3, -0.25) is 14.6 Å². The number of amides is 2. The summed E-state index contributed by atoms with van der Waals surface area (Å²) in [5.74, 6) is 0.732. The fourth-order valence-electron chi connectivity index (χ4n) is 3.83. The van der Waals surface area contributed by atoms with Crippen LogP contribution in [0.4, 0.5) is 5.69 Å². The van der Waals surface area contributed by atoms with Gasteiger partial charge in [0, 0.05) is 16.7 Å². The minimum absolute atomic E-state index is 0.172. The average molecular weight is 452 g/mol. The third-order valence-corrected chi connectivity index (χ3v) is 5.68. The number of rotatable bonds is 5. The van der Waals surface area contributed by atoms with E-state index < -0.39 is 23.9 Å². The fourth-order valence-corrected chi connectivity index (χ4v) is 4.02. The van der Waals surface area contributed by atoms with Crippen LogP contribution in [0.15, 0.2) is 63.3 Å². The number of aryl methyl sites for hydroxylation is 1. The second-order valence-electron chi connectivity index (χ2n) is 7.44. The molecule has 3 aromatic rings. The molecule has 0 N–H and O–H groups in total. The lowest BCUT2D eigenvalue weighted by Gasteiger charge is -2.20. The van der Waals surface area contributed by atoms with Crippen molar-refractivity contribution in [2.75, 3.05) is 12.0 Å². The molecular formula is C22H18ClN5O4. The first-order valence-corrected chi connectivity index (χ1v) is 10.3. The molecule has 10 heteroatoms. The Bertz CT molecular complexity index is 1260. The summed E-state index contributed by atoms with van der Waals surface area (Å²) in [5.41, 5.74) is 1.77. The number of ether oxygens (including phenoxy) is 1. The van der Waals surface area contributed by atoms with Crippen molar-refractivity contribution in [3.8, 4) is 17.2 Å². The Balaban J connectivity index is 1.40. The number of aromatic nitrogens is 1. The Hall–Kier alpha value is -3.72. The topological polar surface area (TPSA) is 101 Å². The van der Waals surface area contributed by atoms with Gasteiger partial charge >= 0.3 is 0 Å². The van der Waals surface area contributed by atoms with Crippen molar-refractivity contribution >= 4 is 29.1 Å². The van der Waals surface area contributed by atoms with E-state index in [1.54, 1.807) is 43.3 Å². The minimum Gasteiger partial charge on any atom is -0.497 e. The quantitative estimate of drug-likeness (QED) is 0.547. The Morgan fingerprint density at radius 2 is 1.94 bits per heavy atom. The highest BCUT2D eigenvalue weighted by molar-refractivity contribution is 6.30. The summed E-state index contributed by atoms with van der Waals surface area (Å²) in [7, 11) is 1.52. The highest BCUT2D eigenvalue weighted by Gasteiger charge is 2.55. The van der Waals surface area contributed by atoms with Gasteiger partial charge in [-0.25, -0.2) is 9.88 Å². The Morgan fingerprint density at radius 3 is 2.72 bits per heavy atom. The SMILES string of the molecule is COc1cccc(N2C(=O)[C@@H]3[C@@H](N=NN3Cc3nc(-c4cccc(Cl)c4)oc3C)C2=O)c1. The molecule has 32 heavy (non-hydrogen) atoms. The standard InChI is InChI=1S/C22H18ClN5O4/c1-12-17(24-20(32-12)13-5-3-6-14(23)9-13)11-27-19-18(25-26-27)21(29)28(22(19)30)15-7-4-8-16(10-15)31-2/h3-10,18-19H,11H2,1-2H3/t18-,19+/m1/s1. The fraction of sp³-hybridized carbons (Fsp3) is 0.227. The van der Waals surface area contributed by atoms with Crippen LogP contribution in [0.2, 0.25) is 5.02 Å². The third-order valence-electron chi connectivity index (χ3n) is 5.45. The van der Waals surface area contributed by atoms with Crippen molar-refractivity contribution in [3.05, 3.63) is 65.0 Å². The van der Waals surface area contributed by atoms with Gasteiger partial charge in [-0.2, -0.15) is 5.11 Å². The molecule has 2 amide bonds. The predicted molar refractivity (Wildman–Crippen MR) is 115 cm³/mol. The van der Waals surface area contributed by atoms with Crippen LogP contribution in [0.5, 0.6) is 5.75 Å². The number of benzene rings is 2. The zero-order valence-electron chi connectivity index (χ0n) is 17.2. The number of fused-ring (bicyclic) bond motifs is 1. The second kappa shape index (κ2) is 7.76. The molecule has 3 heterocycles. The van der Waals surface area contributed by atoms with Crippen molar-refractivity contribution in [1.29, 1.82) is 0 Å². The van der Waals surface area contributed by atoms with E-state index in [4.69, 9.17) is 20.8 Å². The van der Waals surface area contributed by atoms with E-state index in [1.165, 1.54) is 12.1 Å². The summed E-state index contributed by atoms with van der Waals surface area (Å²) in [5, 5.41) is 10.2. The van der Waals surface area contributed by atoms with E-state index >= 15 is 0 Å². The summed E-state index contributed by atoms with van der Waals surface area (Å²) in [4.78, 5) is 31.8. The Kier molecular flexibility index (Phi) is 4.90. The molecule has 0 bridgehead atoms. The van der Waals surface area contributed by atoms with Gasteiger partial charge in [-0.1, -0.05) is 29.0 Å². The van der Waals surface area contributed by atoms with E-state index in [9.17, 15) is 9.59 Å². The van der Waals surface area contributed by atoms with Gasteiger partial charge < -0.3 is 9.15 Å². The van der Waals surface area contributed by atoms with Crippen molar-refractivity contribution in [2.24, 2.45) is 10.3 Å². The van der Waals surface area contributed by atoms with Crippen LogP contribution in [0.25, 0.3) is 11.5 Å². The van der Waals surface area contributed by atoms with Crippen molar-refractivity contribution in [1.82, 2.24) is 9.99 Å². The number of hydrogen-bond acceptors (Lipinski definition) is 8. The Labute approximate surface area is 188 Å². The number of anilines is 1. The molecule has 2 aliphatic heterocycles. The molecule has 1 fully saturated rings. The molecule has 0 aliphatic carbocycles. The van der Waals surface area contributed by atoms with Crippen LogP contribution in [0, 0.1) is 6.92 Å². The van der Waals surface area contributed by atoms with Gasteiger partial charge in [-0.05, 0) is 37.3 Å². The van der Waals surface area contributed by atoms with Crippen LogP contribution < -0.4 is 9.64 Å². The maximum Gasteiger partial charge on any atom is 0.263 e. The van der Waals surface area contributed by atoms with Gasteiger partial charge in [0.05, 0.1) is 19.3 Å². The van der Waals surface area contributed by atoms with E-state index in [-0.39, 0.29) is 6.54 Å². The van der Waals surface area contributed by atoms with Crippen molar-refractivity contribution in [2.45, 2.75) is 25.6 Å². The summed E-state index contributed by atoms with van der Waals surface area (Å²) in [6.07, 6.45) is 0. The van der Waals surface area contributed by atoms with E-state index in [0.29, 0.717) is 33.8 Å². The van der Waals surface area contributed by atoms with Gasteiger partial charge in [0.25, 0.3) is 11.8 Å². The Morgan fingerprint density at radius 1 is 1.12 bits per heavy atom. The molecule has 9 nitrogen and oxygen atoms in total. The lowest BCUT2D eigenvalue weighted by Crippen LogP contribution is -2.39. The number of carbonyl (C=O) groups is 2. The molecule has 1 aromatic heterocycles. The van der Waals surface area contributed by atoms with Crippen molar-refractivity contribution < 1.29 is 18.7 Å². The smallest absolute Gasteiger partial charge is 0.263 e. The van der Waals surface area contributed by atoms with Gasteiger partial charge in [-0.15, -0.1) is 0 Å². The maximum absolute atomic E-state index is 13.2. The highest BCUT2D eigenvalue weighted by atomic mass is 35.5. The number of halogens is 1. The second-order valence-corrected chi connectivity index (χ2v) is 7.87. The van der Waals surface area contributed by atoms with Gasteiger partial charge in [0.15, 0.2) is 12.1 Å². The van der Waals surface area contributed by atoms with E-state index in [0.717, 1.165) is 10.5 Å². The molecule has 2 aliphatic rings. The minimum atomic E-state index is -0.895. The molecule has 0 radical (unpaired) electrons. The lowest BCUT2D eigenvalue weighted by molar-refractivity contribution is -0.123. The van der Waals surface area contributed by atoms with Crippen LogP contribution >= 0.6 is 11.6 Å². The highest BCUT2D eigenvalue weighted by Crippen LogP contribution is 2.34. The van der Waals surface area contributed by atoms with Crippen LogP contribution in [0.1, 0.15) is 11.5 Å². The lowest BCUT2D eigenvalue weighted by atomic mass is 10.1. The first-order valence-electron chi connectivity index (χ1n) is 9.88. The molecule has 0 spiro atoms. The van der Waals surface area contributed by atoms with Crippen molar-refractivity contribution in [3.63, 3.8) is 0 Å². The summed E-state index contributed by atoms with van der Waals surface area (Å²) in [6, 6.07) is 12.2. The monoisotopic (exact) mass is 451 g/mol. The average Bonchev–Trinajstić information content (AvgIpc) is 3.44. The number of imide groups is 1. The molecule has 2 aromatic carbocycles. The van der Waals surface area contributed by atoms with E-state index in [2.05, 4.69) is 15.3 Å². The number of oxazole rings is 1. The van der Waals surface area contributed by atoms with Crippen LogP contribution in [-0.2, 0) is 16.1 Å². The van der Waals surface area contributed by atoms with Crippen LogP contribution in [-0.4, -0.2) is 41.0 Å². The first-order chi connectivity index (χ1) is 15.5. The predicted octanol–water partition coefficient (Wildman–Crippen LogP) is 3.81. The summed E-state index contributed by atoms with van der Waals surface area (Å²) >= 11 is 6.07. The van der Waals surface area contributed by atoms with Gasteiger partial charge in [0.1, 0.15) is 17.2 Å². The largest absolute Gasteiger partial charge is 0.497 e.